The van der Waals surface area contributed by atoms with Crippen LogP contribution in [0.5, 0.6) is 0 Å². The van der Waals surface area contributed by atoms with Crippen LogP contribution in [-0.4, -0.2) is 71.0 Å². The summed E-state index contributed by atoms with van der Waals surface area (Å²) >= 11 is 0. The number of benzene rings is 2. The van der Waals surface area contributed by atoms with Crippen LogP contribution >= 0.6 is 0 Å². The van der Waals surface area contributed by atoms with Crippen LogP contribution in [0, 0.1) is 0 Å². The van der Waals surface area contributed by atoms with Crippen molar-refractivity contribution in [2.45, 2.75) is 38.1 Å². The summed E-state index contributed by atoms with van der Waals surface area (Å²) in [6.07, 6.45) is 11.3. The van der Waals surface area contributed by atoms with E-state index in [1.807, 2.05) is 35.4 Å². The molecule has 0 bridgehead atoms. The van der Waals surface area contributed by atoms with Crippen LogP contribution in [0.15, 0.2) is 66.9 Å². The van der Waals surface area contributed by atoms with E-state index in [2.05, 4.69) is 46.2 Å². The number of hydrogen-bond acceptors (Lipinski definition) is 5. The van der Waals surface area contributed by atoms with Crippen molar-refractivity contribution in [1.29, 1.82) is 0 Å². The van der Waals surface area contributed by atoms with Gasteiger partial charge in [0, 0.05) is 64.0 Å². The largest absolute Gasteiger partial charge is 0.338 e. The zero-order valence-corrected chi connectivity index (χ0v) is 21.4. The molecule has 0 radical (unpaired) electrons. The summed E-state index contributed by atoms with van der Waals surface area (Å²) in [7, 11) is 0. The van der Waals surface area contributed by atoms with Gasteiger partial charge in [-0.2, -0.15) is 0 Å². The first-order valence-corrected chi connectivity index (χ1v) is 13.7. The van der Waals surface area contributed by atoms with E-state index in [0.29, 0.717) is 13.1 Å². The summed E-state index contributed by atoms with van der Waals surface area (Å²) in [5.74, 6) is 0.908. The van der Waals surface area contributed by atoms with E-state index < -0.39 is 0 Å². The minimum atomic E-state index is 0.0558. The average Bonchev–Trinajstić information content (AvgIpc) is 3.14. The van der Waals surface area contributed by atoms with Crippen LogP contribution < -0.4 is 4.90 Å². The Bertz CT molecular complexity index is 1240. The Balaban J connectivity index is 1.05. The van der Waals surface area contributed by atoms with E-state index >= 15 is 0 Å². The fourth-order valence-corrected chi connectivity index (χ4v) is 5.57. The fraction of sp³-hybridized carbons (Fsp3) is 0.387. The molecule has 1 saturated carbocycles. The topological polar surface area (TPSA) is 52.6 Å². The molecule has 0 unspecified atom stereocenters. The van der Waals surface area contributed by atoms with Crippen LogP contribution in [-0.2, 0) is 17.6 Å². The summed E-state index contributed by atoms with van der Waals surface area (Å²) in [5, 5.41) is 0. The van der Waals surface area contributed by atoms with E-state index in [1.165, 1.54) is 36.0 Å². The smallest absolute Gasteiger partial charge is 0.246 e. The Hall–Kier alpha value is -3.51. The SMILES string of the molecule is O=C(C=Cc1ccc(-c2ccccc2)cc1)N1CCc2cnc(N3CCN(C4CCC4)CC3)nc2CC1. The van der Waals surface area contributed by atoms with Gasteiger partial charge in [-0.25, -0.2) is 9.97 Å². The lowest BCUT2D eigenvalue weighted by molar-refractivity contribution is -0.125. The van der Waals surface area contributed by atoms with Gasteiger partial charge in [-0.1, -0.05) is 61.0 Å². The molecule has 37 heavy (non-hydrogen) atoms. The first-order valence-electron chi connectivity index (χ1n) is 13.7. The number of carbonyl (C=O) groups is 1. The zero-order valence-electron chi connectivity index (χ0n) is 21.4. The molecule has 2 fully saturated rings. The van der Waals surface area contributed by atoms with Crippen LogP contribution in [0.3, 0.4) is 0 Å². The highest BCUT2D eigenvalue weighted by Crippen LogP contribution is 2.26. The molecule has 1 saturated heterocycles. The predicted octanol–water partition coefficient (Wildman–Crippen LogP) is 4.46. The molecule has 0 N–H and O–H groups in total. The Kier molecular flexibility index (Phi) is 7.00. The number of amides is 1. The van der Waals surface area contributed by atoms with Crippen LogP contribution in [0.1, 0.15) is 36.1 Å². The maximum Gasteiger partial charge on any atom is 0.246 e. The van der Waals surface area contributed by atoms with Crippen molar-refractivity contribution in [3.63, 3.8) is 0 Å². The van der Waals surface area contributed by atoms with E-state index in [0.717, 1.165) is 62.3 Å². The molecule has 2 aromatic carbocycles. The number of carbonyl (C=O) groups excluding carboxylic acids is 1. The standard InChI is InChI=1S/C31H35N5O/c37-30(14-11-24-9-12-26(13-10-24)25-5-2-1-3-6-25)35-17-15-27-23-32-31(33-29(27)16-18-35)36-21-19-34(20-22-36)28-7-4-8-28/h1-3,5-6,9-14,23,28H,4,7-8,15-22H2. The number of piperazine rings is 1. The van der Waals surface area contributed by atoms with Gasteiger partial charge in [0.2, 0.25) is 11.9 Å². The van der Waals surface area contributed by atoms with Crippen LogP contribution in [0.4, 0.5) is 5.95 Å². The van der Waals surface area contributed by atoms with Crippen LogP contribution in [0.25, 0.3) is 17.2 Å². The molecule has 1 amide bonds. The number of aromatic nitrogens is 2. The van der Waals surface area contributed by atoms with Gasteiger partial charge >= 0.3 is 0 Å². The highest BCUT2D eigenvalue weighted by molar-refractivity contribution is 5.92. The van der Waals surface area contributed by atoms with Crippen molar-refractivity contribution in [2.75, 3.05) is 44.2 Å². The molecule has 6 rings (SSSR count). The van der Waals surface area contributed by atoms with E-state index in [9.17, 15) is 4.79 Å². The number of fused-ring (bicyclic) bond motifs is 1. The second kappa shape index (κ2) is 10.9. The van der Waals surface area contributed by atoms with Gasteiger partial charge in [0.15, 0.2) is 0 Å². The molecule has 6 nitrogen and oxygen atoms in total. The summed E-state index contributed by atoms with van der Waals surface area (Å²) in [6, 6.07) is 19.5. The molecule has 2 aliphatic heterocycles. The molecule has 190 valence electrons. The normalized spacial score (nSPS) is 18.9. The molecule has 1 aliphatic carbocycles. The number of nitrogens with zero attached hydrogens (tertiary/aromatic N) is 5. The van der Waals surface area contributed by atoms with Crippen molar-refractivity contribution in [2.24, 2.45) is 0 Å². The van der Waals surface area contributed by atoms with Gasteiger partial charge in [-0.15, -0.1) is 0 Å². The lowest BCUT2D eigenvalue weighted by Crippen LogP contribution is -2.52. The fourth-order valence-electron chi connectivity index (χ4n) is 5.57. The second-order valence-corrected chi connectivity index (χ2v) is 10.4. The highest BCUT2D eigenvalue weighted by atomic mass is 16.2. The maximum atomic E-state index is 13.0. The third-order valence-electron chi connectivity index (χ3n) is 8.15. The zero-order chi connectivity index (χ0) is 25.0. The summed E-state index contributed by atoms with van der Waals surface area (Å²) < 4.78 is 0. The van der Waals surface area contributed by atoms with Gasteiger partial charge in [0.25, 0.3) is 0 Å². The van der Waals surface area contributed by atoms with Gasteiger partial charge in [-0.05, 0) is 47.6 Å². The lowest BCUT2D eigenvalue weighted by Gasteiger charge is -2.43. The van der Waals surface area contributed by atoms with Crippen molar-refractivity contribution < 1.29 is 4.79 Å². The second-order valence-electron chi connectivity index (χ2n) is 10.4. The molecule has 1 aromatic heterocycles. The van der Waals surface area contributed by atoms with Gasteiger partial charge in [-0.3, -0.25) is 9.69 Å². The molecule has 6 heteroatoms. The minimum absolute atomic E-state index is 0.0558. The molecular weight excluding hydrogens is 458 g/mol. The summed E-state index contributed by atoms with van der Waals surface area (Å²) in [5.41, 5.74) is 5.67. The van der Waals surface area contributed by atoms with Crippen molar-refractivity contribution in [1.82, 2.24) is 19.8 Å². The van der Waals surface area contributed by atoms with Crippen molar-refractivity contribution in [3.05, 3.63) is 83.7 Å². The Morgan fingerprint density at radius 2 is 1.57 bits per heavy atom. The molecule has 3 aromatic rings. The number of hydrogen-bond donors (Lipinski definition) is 0. The molecule has 3 heterocycles. The highest BCUT2D eigenvalue weighted by Gasteiger charge is 2.29. The Morgan fingerprint density at radius 3 is 2.30 bits per heavy atom. The van der Waals surface area contributed by atoms with Gasteiger partial charge < -0.3 is 9.80 Å². The summed E-state index contributed by atoms with van der Waals surface area (Å²) in [6.45, 7) is 5.60. The van der Waals surface area contributed by atoms with E-state index in [-0.39, 0.29) is 5.91 Å². The van der Waals surface area contributed by atoms with Crippen LogP contribution in [0.2, 0.25) is 0 Å². The third-order valence-corrected chi connectivity index (χ3v) is 8.15. The number of rotatable bonds is 5. The lowest BCUT2D eigenvalue weighted by atomic mass is 9.91. The maximum absolute atomic E-state index is 13.0. The molecule has 0 atom stereocenters. The summed E-state index contributed by atoms with van der Waals surface area (Å²) in [4.78, 5) is 29.6. The molecule has 3 aliphatic rings. The van der Waals surface area contributed by atoms with Crippen molar-refractivity contribution in [3.8, 4) is 11.1 Å². The Morgan fingerprint density at radius 1 is 0.838 bits per heavy atom. The minimum Gasteiger partial charge on any atom is -0.338 e. The monoisotopic (exact) mass is 493 g/mol. The Labute approximate surface area is 219 Å². The quantitative estimate of drug-likeness (QED) is 0.492. The predicted molar refractivity (Wildman–Crippen MR) is 148 cm³/mol. The first-order chi connectivity index (χ1) is 18.2. The van der Waals surface area contributed by atoms with E-state index in [1.54, 1.807) is 6.08 Å². The van der Waals surface area contributed by atoms with Gasteiger partial charge in [0.1, 0.15) is 0 Å². The molecule has 0 spiro atoms. The number of anilines is 1. The van der Waals surface area contributed by atoms with E-state index in [4.69, 9.17) is 9.97 Å². The molecular formula is C31H35N5O. The average molecular weight is 494 g/mol. The first kappa shape index (κ1) is 23.9. The van der Waals surface area contributed by atoms with Gasteiger partial charge in [0.05, 0.1) is 5.69 Å². The van der Waals surface area contributed by atoms with Crippen molar-refractivity contribution >= 4 is 17.9 Å². The third kappa shape index (κ3) is 5.44.